The van der Waals surface area contributed by atoms with E-state index in [9.17, 15) is 5.11 Å². The molecule has 0 aliphatic rings. The fourth-order valence-electron chi connectivity index (χ4n) is 2.58. The van der Waals surface area contributed by atoms with Crippen molar-refractivity contribution < 1.29 is 5.11 Å². The number of nitrogens with zero attached hydrogens (tertiary/aromatic N) is 2. The number of hydrogen-bond acceptors (Lipinski definition) is 3. The second kappa shape index (κ2) is 7.72. The minimum absolute atomic E-state index is 0.0763. The zero-order chi connectivity index (χ0) is 15.9. The summed E-state index contributed by atoms with van der Waals surface area (Å²) in [6.07, 6.45) is 3.96. The molecule has 2 N–H and O–H groups in total. The third kappa shape index (κ3) is 4.28. The standard InChI is InChI=1S/C19H21N3O/c23-15-19-9-5-4-8-18(19)12-20-10-17-11-21-22(14-17)13-16-6-2-1-3-7-16/h1-9,11,14,20,23H,10,12-13,15H2. The lowest BCUT2D eigenvalue weighted by Gasteiger charge is -2.07. The van der Waals surface area contributed by atoms with Gasteiger partial charge in [0.1, 0.15) is 0 Å². The Balaban J connectivity index is 1.53. The molecule has 0 fully saturated rings. The maximum Gasteiger partial charge on any atom is 0.0685 e. The van der Waals surface area contributed by atoms with Gasteiger partial charge in [-0.2, -0.15) is 5.10 Å². The Kier molecular flexibility index (Phi) is 5.19. The number of aromatic nitrogens is 2. The summed E-state index contributed by atoms with van der Waals surface area (Å²) >= 11 is 0. The van der Waals surface area contributed by atoms with Gasteiger partial charge in [-0.3, -0.25) is 4.68 Å². The largest absolute Gasteiger partial charge is 0.392 e. The van der Waals surface area contributed by atoms with Crippen molar-refractivity contribution in [1.82, 2.24) is 15.1 Å². The first-order valence-electron chi connectivity index (χ1n) is 7.79. The molecule has 4 heteroatoms. The highest BCUT2D eigenvalue weighted by Crippen LogP contribution is 2.09. The number of rotatable bonds is 7. The van der Waals surface area contributed by atoms with E-state index in [1.165, 1.54) is 5.56 Å². The lowest BCUT2D eigenvalue weighted by Crippen LogP contribution is -2.13. The van der Waals surface area contributed by atoms with Crippen LogP contribution in [0, 0.1) is 0 Å². The maximum atomic E-state index is 9.34. The predicted octanol–water partition coefficient (Wildman–Crippen LogP) is 2.71. The van der Waals surface area contributed by atoms with E-state index in [1.807, 2.05) is 53.3 Å². The molecule has 3 aromatic rings. The molecule has 118 valence electrons. The van der Waals surface area contributed by atoms with Crippen LogP contribution in [0.25, 0.3) is 0 Å². The van der Waals surface area contributed by atoms with Crippen LogP contribution in [-0.2, 0) is 26.2 Å². The van der Waals surface area contributed by atoms with Gasteiger partial charge in [-0.1, -0.05) is 54.6 Å². The molecule has 0 bridgehead atoms. The van der Waals surface area contributed by atoms with E-state index in [2.05, 4.69) is 28.7 Å². The number of hydrogen-bond donors (Lipinski definition) is 2. The quantitative estimate of drug-likeness (QED) is 0.705. The van der Waals surface area contributed by atoms with E-state index < -0.39 is 0 Å². The molecule has 0 saturated heterocycles. The minimum atomic E-state index is 0.0763. The van der Waals surface area contributed by atoms with Gasteiger partial charge >= 0.3 is 0 Å². The number of aliphatic hydroxyl groups is 1. The van der Waals surface area contributed by atoms with Crippen LogP contribution in [0.2, 0.25) is 0 Å². The topological polar surface area (TPSA) is 50.1 Å². The van der Waals surface area contributed by atoms with Crippen LogP contribution >= 0.6 is 0 Å². The molecule has 2 aromatic carbocycles. The van der Waals surface area contributed by atoms with Gasteiger partial charge in [0.15, 0.2) is 0 Å². The number of benzene rings is 2. The first-order valence-corrected chi connectivity index (χ1v) is 7.79. The van der Waals surface area contributed by atoms with Crippen molar-refractivity contribution in [2.45, 2.75) is 26.2 Å². The fourth-order valence-corrected chi connectivity index (χ4v) is 2.58. The van der Waals surface area contributed by atoms with Crippen LogP contribution in [-0.4, -0.2) is 14.9 Å². The molecule has 0 amide bonds. The van der Waals surface area contributed by atoms with Crippen LogP contribution in [0.15, 0.2) is 67.0 Å². The molecule has 0 radical (unpaired) electrons. The van der Waals surface area contributed by atoms with Gasteiger partial charge in [-0.25, -0.2) is 0 Å². The highest BCUT2D eigenvalue weighted by molar-refractivity contribution is 5.26. The van der Waals surface area contributed by atoms with E-state index in [0.29, 0.717) is 0 Å². The first-order chi connectivity index (χ1) is 11.3. The van der Waals surface area contributed by atoms with Gasteiger partial charge in [-0.05, 0) is 16.7 Å². The Hall–Kier alpha value is -2.43. The Morgan fingerprint density at radius 3 is 2.39 bits per heavy atom. The summed E-state index contributed by atoms with van der Waals surface area (Å²) in [7, 11) is 0. The molecule has 3 rings (SSSR count). The zero-order valence-electron chi connectivity index (χ0n) is 13.0. The molecule has 23 heavy (non-hydrogen) atoms. The second-order valence-electron chi connectivity index (χ2n) is 5.56. The van der Waals surface area contributed by atoms with Crippen molar-refractivity contribution in [2.24, 2.45) is 0 Å². The third-order valence-electron chi connectivity index (χ3n) is 3.81. The Morgan fingerprint density at radius 1 is 0.870 bits per heavy atom. The van der Waals surface area contributed by atoms with Crippen LogP contribution in [0.3, 0.4) is 0 Å². The summed E-state index contributed by atoms with van der Waals surface area (Å²) in [5.74, 6) is 0. The fraction of sp³-hybridized carbons (Fsp3) is 0.211. The van der Waals surface area contributed by atoms with Gasteiger partial charge in [0.05, 0.1) is 19.3 Å². The van der Waals surface area contributed by atoms with Gasteiger partial charge in [-0.15, -0.1) is 0 Å². The molecule has 1 aromatic heterocycles. The van der Waals surface area contributed by atoms with E-state index in [4.69, 9.17) is 0 Å². The number of nitrogens with one attached hydrogen (secondary N) is 1. The van der Waals surface area contributed by atoms with Crippen molar-refractivity contribution in [1.29, 1.82) is 0 Å². The highest BCUT2D eigenvalue weighted by atomic mass is 16.3. The summed E-state index contributed by atoms with van der Waals surface area (Å²) in [5.41, 5.74) is 4.50. The Morgan fingerprint density at radius 2 is 1.61 bits per heavy atom. The normalized spacial score (nSPS) is 10.8. The summed E-state index contributed by atoms with van der Waals surface area (Å²) in [6.45, 7) is 2.36. The van der Waals surface area contributed by atoms with E-state index >= 15 is 0 Å². The van der Waals surface area contributed by atoms with Gasteiger partial charge in [0.2, 0.25) is 0 Å². The molecule has 0 aliphatic heterocycles. The van der Waals surface area contributed by atoms with Crippen LogP contribution in [0.4, 0.5) is 0 Å². The van der Waals surface area contributed by atoms with E-state index in [-0.39, 0.29) is 6.61 Å². The Labute approximate surface area is 136 Å². The van der Waals surface area contributed by atoms with Crippen LogP contribution in [0.1, 0.15) is 22.3 Å². The Bertz CT molecular complexity index is 737. The molecule has 0 atom stereocenters. The number of aliphatic hydroxyl groups excluding tert-OH is 1. The van der Waals surface area contributed by atoms with Gasteiger partial charge in [0, 0.05) is 24.8 Å². The van der Waals surface area contributed by atoms with Crippen molar-refractivity contribution in [3.05, 3.63) is 89.2 Å². The van der Waals surface area contributed by atoms with Crippen molar-refractivity contribution in [2.75, 3.05) is 0 Å². The zero-order valence-corrected chi connectivity index (χ0v) is 13.0. The summed E-state index contributed by atoms with van der Waals surface area (Å²) < 4.78 is 1.95. The van der Waals surface area contributed by atoms with Gasteiger partial charge in [0.25, 0.3) is 0 Å². The lowest BCUT2D eigenvalue weighted by molar-refractivity contribution is 0.280. The monoisotopic (exact) mass is 307 g/mol. The molecule has 0 spiro atoms. The summed E-state index contributed by atoms with van der Waals surface area (Å²) in [5, 5.41) is 17.2. The molecular formula is C19H21N3O. The van der Waals surface area contributed by atoms with E-state index in [1.54, 1.807) is 0 Å². The molecule has 1 heterocycles. The minimum Gasteiger partial charge on any atom is -0.392 e. The highest BCUT2D eigenvalue weighted by Gasteiger charge is 2.02. The SMILES string of the molecule is OCc1ccccc1CNCc1cnn(Cc2ccccc2)c1. The molecule has 0 aliphatic carbocycles. The molecule has 0 unspecified atom stereocenters. The van der Waals surface area contributed by atoms with Crippen molar-refractivity contribution in [3.63, 3.8) is 0 Å². The average Bonchev–Trinajstić information content (AvgIpc) is 3.03. The summed E-state index contributed by atoms with van der Waals surface area (Å²) in [6, 6.07) is 18.2. The molecular weight excluding hydrogens is 286 g/mol. The summed E-state index contributed by atoms with van der Waals surface area (Å²) in [4.78, 5) is 0. The smallest absolute Gasteiger partial charge is 0.0685 e. The molecule has 4 nitrogen and oxygen atoms in total. The second-order valence-corrected chi connectivity index (χ2v) is 5.56. The van der Waals surface area contributed by atoms with Crippen molar-refractivity contribution >= 4 is 0 Å². The van der Waals surface area contributed by atoms with Crippen molar-refractivity contribution in [3.8, 4) is 0 Å². The third-order valence-corrected chi connectivity index (χ3v) is 3.81. The van der Waals surface area contributed by atoms with Crippen LogP contribution in [0.5, 0.6) is 0 Å². The van der Waals surface area contributed by atoms with Gasteiger partial charge < -0.3 is 10.4 Å². The maximum absolute atomic E-state index is 9.34. The van der Waals surface area contributed by atoms with Crippen LogP contribution < -0.4 is 5.32 Å². The van der Waals surface area contributed by atoms with E-state index in [0.717, 1.165) is 36.3 Å². The lowest BCUT2D eigenvalue weighted by atomic mass is 10.1. The average molecular weight is 307 g/mol. The first kappa shape index (κ1) is 15.5. The predicted molar refractivity (Wildman–Crippen MR) is 90.7 cm³/mol. The molecule has 0 saturated carbocycles.